The number of primary amides is 1. The summed E-state index contributed by atoms with van der Waals surface area (Å²) in [5, 5.41) is 0. The average molecular weight is 201 g/mol. The van der Waals surface area contributed by atoms with Gasteiger partial charge in [-0.05, 0) is 12.8 Å². The van der Waals surface area contributed by atoms with Crippen molar-refractivity contribution in [2.75, 3.05) is 6.26 Å². The molecule has 0 aromatic heterocycles. The topological polar surface area (TPSA) is 77.2 Å². The first-order valence-corrected chi connectivity index (χ1v) is 5.71. The molecule has 0 saturated heterocycles. The Bertz CT molecular complexity index is 390. The molecule has 0 spiro atoms. The molecule has 0 aromatic rings. The third kappa shape index (κ3) is 2.18. The fraction of sp³-hybridized carbons (Fsp3) is 0.375. The number of amides is 1. The largest absolute Gasteiger partial charge is 0.366 e. The van der Waals surface area contributed by atoms with Crippen molar-refractivity contribution in [3.63, 3.8) is 0 Å². The minimum Gasteiger partial charge on any atom is -0.366 e. The van der Waals surface area contributed by atoms with Crippen LogP contribution < -0.4 is 5.73 Å². The molecule has 0 atom stereocenters. The number of carbonyl (C=O) groups is 1. The zero-order valence-electron chi connectivity index (χ0n) is 7.28. The second kappa shape index (κ2) is 3.33. The van der Waals surface area contributed by atoms with Gasteiger partial charge in [-0.1, -0.05) is 12.2 Å². The van der Waals surface area contributed by atoms with Gasteiger partial charge in [0.1, 0.15) is 0 Å². The van der Waals surface area contributed by atoms with Gasteiger partial charge in [0.05, 0.1) is 10.5 Å². The highest BCUT2D eigenvalue weighted by atomic mass is 32.2. The first-order valence-electron chi connectivity index (χ1n) is 3.82. The van der Waals surface area contributed by atoms with Crippen molar-refractivity contribution in [3.8, 4) is 0 Å². The van der Waals surface area contributed by atoms with Gasteiger partial charge in [0, 0.05) is 6.26 Å². The molecular formula is C8H11NO3S. The van der Waals surface area contributed by atoms with E-state index in [0.717, 1.165) is 6.26 Å². The summed E-state index contributed by atoms with van der Waals surface area (Å²) in [6.45, 7) is 0. The van der Waals surface area contributed by atoms with Crippen LogP contribution in [0, 0.1) is 0 Å². The lowest BCUT2D eigenvalue weighted by Gasteiger charge is -2.11. The van der Waals surface area contributed by atoms with Gasteiger partial charge in [-0.15, -0.1) is 0 Å². The maximum absolute atomic E-state index is 11.2. The summed E-state index contributed by atoms with van der Waals surface area (Å²) < 4.78 is 22.4. The maximum Gasteiger partial charge on any atom is 0.249 e. The van der Waals surface area contributed by atoms with Crippen LogP contribution in [0.4, 0.5) is 0 Å². The van der Waals surface area contributed by atoms with Crippen molar-refractivity contribution in [2.45, 2.75) is 12.8 Å². The third-order valence-corrected chi connectivity index (χ3v) is 3.16. The van der Waals surface area contributed by atoms with E-state index in [2.05, 4.69) is 0 Å². The van der Waals surface area contributed by atoms with E-state index in [4.69, 9.17) is 5.73 Å². The number of hydrogen-bond acceptors (Lipinski definition) is 3. The van der Waals surface area contributed by atoms with Crippen LogP contribution in [0.5, 0.6) is 0 Å². The molecule has 0 heterocycles. The van der Waals surface area contributed by atoms with Crippen molar-refractivity contribution < 1.29 is 13.2 Å². The number of sulfone groups is 1. The number of hydrogen-bond donors (Lipinski definition) is 1. The highest BCUT2D eigenvalue weighted by molar-refractivity contribution is 7.94. The SMILES string of the molecule is CS(=O)(=O)C1=C(C(N)=O)C=CCC1. The molecule has 0 unspecified atom stereocenters. The lowest BCUT2D eigenvalue weighted by atomic mass is 10.1. The summed E-state index contributed by atoms with van der Waals surface area (Å²) in [7, 11) is -3.29. The van der Waals surface area contributed by atoms with Crippen LogP contribution in [-0.2, 0) is 14.6 Å². The molecule has 5 heteroatoms. The van der Waals surface area contributed by atoms with Gasteiger partial charge in [0.15, 0.2) is 9.84 Å². The summed E-state index contributed by atoms with van der Waals surface area (Å²) in [5.41, 5.74) is 5.16. The molecule has 0 radical (unpaired) electrons. The number of allylic oxidation sites excluding steroid dienone is 2. The lowest BCUT2D eigenvalue weighted by Crippen LogP contribution is -2.19. The summed E-state index contributed by atoms with van der Waals surface area (Å²) in [6, 6.07) is 0. The van der Waals surface area contributed by atoms with Crippen LogP contribution in [0.3, 0.4) is 0 Å². The second-order valence-corrected chi connectivity index (χ2v) is 4.95. The molecule has 0 saturated carbocycles. The van der Waals surface area contributed by atoms with Gasteiger partial charge < -0.3 is 5.73 Å². The first kappa shape index (κ1) is 9.98. The minimum absolute atomic E-state index is 0.119. The van der Waals surface area contributed by atoms with Gasteiger partial charge in [0.25, 0.3) is 0 Å². The third-order valence-electron chi connectivity index (χ3n) is 1.84. The van der Waals surface area contributed by atoms with Gasteiger partial charge >= 0.3 is 0 Å². The molecule has 0 aromatic carbocycles. The Hall–Kier alpha value is -1.10. The lowest BCUT2D eigenvalue weighted by molar-refractivity contribution is -0.114. The average Bonchev–Trinajstić information content (AvgIpc) is 2.03. The number of carbonyl (C=O) groups excluding carboxylic acids is 1. The van der Waals surface area contributed by atoms with Crippen LogP contribution in [0.1, 0.15) is 12.8 Å². The Labute approximate surface area is 77.0 Å². The Balaban J connectivity index is 3.29. The molecule has 0 bridgehead atoms. The fourth-order valence-corrected chi connectivity index (χ4v) is 2.30. The van der Waals surface area contributed by atoms with Crippen molar-refractivity contribution >= 4 is 15.7 Å². The van der Waals surface area contributed by atoms with Crippen molar-refractivity contribution in [1.82, 2.24) is 0 Å². The van der Waals surface area contributed by atoms with E-state index in [-0.39, 0.29) is 10.5 Å². The van der Waals surface area contributed by atoms with E-state index in [9.17, 15) is 13.2 Å². The Morgan fingerprint density at radius 1 is 1.54 bits per heavy atom. The van der Waals surface area contributed by atoms with Crippen LogP contribution in [0.2, 0.25) is 0 Å². The quantitative estimate of drug-likeness (QED) is 0.689. The molecule has 1 rings (SSSR count). The molecule has 4 nitrogen and oxygen atoms in total. The zero-order chi connectivity index (χ0) is 10.1. The zero-order valence-corrected chi connectivity index (χ0v) is 8.10. The van der Waals surface area contributed by atoms with Crippen molar-refractivity contribution in [3.05, 3.63) is 22.6 Å². The Morgan fingerprint density at radius 2 is 2.15 bits per heavy atom. The van der Waals surface area contributed by atoms with Gasteiger partial charge in [-0.25, -0.2) is 8.42 Å². The minimum atomic E-state index is -3.29. The van der Waals surface area contributed by atoms with Crippen LogP contribution >= 0.6 is 0 Å². The van der Waals surface area contributed by atoms with Gasteiger partial charge in [-0.2, -0.15) is 0 Å². The smallest absolute Gasteiger partial charge is 0.249 e. The summed E-state index contributed by atoms with van der Waals surface area (Å²) in [4.78, 5) is 11.0. The maximum atomic E-state index is 11.2. The van der Waals surface area contributed by atoms with E-state index < -0.39 is 15.7 Å². The predicted molar refractivity (Wildman–Crippen MR) is 49.4 cm³/mol. The second-order valence-electron chi connectivity index (χ2n) is 2.91. The highest BCUT2D eigenvalue weighted by Crippen LogP contribution is 2.22. The van der Waals surface area contributed by atoms with Gasteiger partial charge in [0.2, 0.25) is 5.91 Å². The molecular weight excluding hydrogens is 190 g/mol. The molecule has 1 aliphatic rings. The van der Waals surface area contributed by atoms with E-state index in [1.165, 1.54) is 6.08 Å². The number of nitrogens with two attached hydrogens (primary N) is 1. The summed E-state index contributed by atoms with van der Waals surface area (Å²) in [6.07, 6.45) is 5.31. The van der Waals surface area contributed by atoms with Gasteiger partial charge in [-0.3, -0.25) is 4.79 Å². The van der Waals surface area contributed by atoms with Crippen LogP contribution in [0.25, 0.3) is 0 Å². The standard InChI is InChI=1S/C8H11NO3S/c1-13(11,12)7-5-3-2-4-6(7)8(9)10/h2,4H,3,5H2,1H3,(H2,9,10). The van der Waals surface area contributed by atoms with Crippen LogP contribution in [-0.4, -0.2) is 20.6 Å². The van der Waals surface area contributed by atoms with E-state index in [0.29, 0.717) is 12.8 Å². The summed E-state index contributed by atoms with van der Waals surface area (Å²) in [5.74, 6) is -0.684. The predicted octanol–water partition coefficient (Wildman–Crippen LogP) is 0.120. The normalized spacial score (nSPS) is 17.6. The van der Waals surface area contributed by atoms with Crippen molar-refractivity contribution in [2.24, 2.45) is 5.73 Å². The van der Waals surface area contributed by atoms with E-state index in [1.54, 1.807) is 6.08 Å². The molecule has 0 fully saturated rings. The Morgan fingerprint density at radius 3 is 2.54 bits per heavy atom. The summed E-state index contributed by atoms with van der Waals surface area (Å²) >= 11 is 0. The highest BCUT2D eigenvalue weighted by Gasteiger charge is 2.20. The monoisotopic (exact) mass is 201 g/mol. The fourth-order valence-electron chi connectivity index (χ4n) is 1.25. The van der Waals surface area contributed by atoms with E-state index >= 15 is 0 Å². The molecule has 1 amide bonds. The van der Waals surface area contributed by atoms with Crippen LogP contribution in [0.15, 0.2) is 22.6 Å². The molecule has 72 valence electrons. The Kier molecular flexibility index (Phi) is 2.56. The number of rotatable bonds is 2. The molecule has 13 heavy (non-hydrogen) atoms. The molecule has 2 N–H and O–H groups in total. The molecule has 0 aliphatic heterocycles. The first-order chi connectivity index (χ1) is 5.93. The van der Waals surface area contributed by atoms with Crippen molar-refractivity contribution in [1.29, 1.82) is 0 Å². The molecule has 1 aliphatic carbocycles. The van der Waals surface area contributed by atoms with E-state index in [1.807, 2.05) is 0 Å².